The van der Waals surface area contributed by atoms with Crippen LogP contribution in [-0.2, 0) is 22.4 Å². The molecule has 0 spiro atoms. The summed E-state index contributed by atoms with van der Waals surface area (Å²) in [7, 11) is 1.32. The predicted octanol–water partition coefficient (Wildman–Crippen LogP) is 8.12. The van der Waals surface area contributed by atoms with Gasteiger partial charge in [0.05, 0.1) is 34.5 Å². The Morgan fingerprint density at radius 1 is 1.07 bits per heavy atom. The largest absolute Gasteiger partial charge is 0.489 e. The van der Waals surface area contributed by atoms with Crippen LogP contribution in [0.5, 0.6) is 5.75 Å². The molecule has 0 amide bonds. The molecule has 0 bridgehead atoms. The van der Waals surface area contributed by atoms with Crippen molar-refractivity contribution >= 4 is 23.3 Å². The van der Waals surface area contributed by atoms with Crippen molar-refractivity contribution in [3.63, 3.8) is 0 Å². The van der Waals surface area contributed by atoms with Crippen LogP contribution in [0.4, 0.5) is 13.2 Å². The van der Waals surface area contributed by atoms with Gasteiger partial charge in [0.2, 0.25) is 0 Å². The number of alkyl halides is 3. The smallest absolute Gasteiger partial charge is 0.417 e. The first-order valence-corrected chi connectivity index (χ1v) is 13.6. The third-order valence-corrected chi connectivity index (χ3v) is 7.57. The highest BCUT2D eigenvalue weighted by Gasteiger charge is 2.37. The fourth-order valence-corrected chi connectivity index (χ4v) is 5.24. The Hall–Kier alpha value is -4.31. The summed E-state index contributed by atoms with van der Waals surface area (Å²) in [5.41, 5.74) is 2.25. The van der Waals surface area contributed by atoms with Gasteiger partial charge in [-0.05, 0) is 43.2 Å². The van der Waals surface area contributed by atoms with Crippen LogP contribution in [0.15, 0.2) is 76.4 Å². The lowest BCUT2D eigenvalue weighted by Gasteiger charge is -2.14. The Morgan fingerprint density at radius 2 is 1.88 bits per heavy atom. The zero-order chi connectivity index (χ0) is 29.4. The number of nitrogens with zero attached hydrogens (tertiary/aromatic N) is 2. The van der Waals surface area contributed by atoms with Gasteiger partial charge in [-0.3, -0.25) is 0 Å². The van der Waals surface area contributed by atoms with Gasteiger partial charge in [0.15, 0.2) is 6.10 Å². The molecule has 42 heavy (non-hydrogen) atoms. The van der Waals surface area contributed by atoms with Crippen LogP contribution in [0.25, 0.3) is 11.3 Å². The topological polar surface area (TPSA) is 83.2 Å². The monoisotopic (exact) mass is 596 g/mol. The zero-order valence-corrected chi connectivity index (χ0v) is 23.0. The summed E-state index contributed by atoms with van der Waals surface area (Å²) in [4.78, 5) is 17.6. The zero-order valence-electron chi connectivity index (χ0n) is 22.3. The van der Waals surface area contributed by atoms with E-state index < -0.39 is 23.8 Å². The highest BCUT2D eigenvalue weighted by atomic mass is 35.5. The highest BCUT2D eigenvalue weighted by Crippen LogP contribution is 2.46. The van der Waals surface area contributed by atoms with Crippen molar-refractivity contribution in [3.05, 3.63) is 105 Å². The van der Waals surface area contributed by atoms with Crippen molar-refractivity contribution in [1.29, 1.82) is 0 Å². The van der Waals surface area contributed by atoms with Gasteiger partial charge in [0.25, 0.3) is 0 Å². The van der Waals surface area contributed by atoms with Gasteiger partial charge in [-0.2, -0.15) is 13.2 Å². The standard InChI is InChI=1S/C31H24ClF3N2O5/c1-39-30(38)19-6-4-5-18(13-19)26-15-27(41-36-26)22-12-11-20(14-25(22)32)40-16-23-28(37-42-29(23)17-9-10-17)21-7-2-3-8-24(21)31(33,34)35/h2-8,11-14,17,27H,9-10,15-16H2,1H3. The minimum atomic E-state index is -4.55. The van der Waals surface area contributed by atoms with E-state index in [1.54, 1.807) is 36.4 Å². The molecular weight excluding hydrogens is 573 g/mol. The Labute approximate surface area is 243 Å². The molecule has 2 heterocycles. The van der Waals surface area contributed by atoms with Crippen LogP contribution in [0.2, 0.25) is 5.02 Å². The second-order valence-corrected chi connectivity index (χ2v) is 10.5. The van der Waals surface area contributed by atoms with Crippen LogP contribution < -0.4 is 4.74 Å². The maximum Gasteiger partial charge on any atom is 0.417 e. The number of carbonyl (C=O) groups excluding carboxylic acids is 1. The van der Waals surface area contributed by atoms with Gasteiger partial charge in [-0.25, -0.2) is 4.79 Å². The molecule has 0 saturated heterocycles. The summed E-state index contributed by atoms with van der Waals surface area (Å²) in [6.07, 6.45) is -2.82. The predicted molar refractivity (Wildman–Crippen MR) is 147 cm³/mol. The lowest BCUT2D eigenvalue weighted by Crippen LogP contribution is -2.08. The Balaban J connectivity index is 1.19. The SMILES string of the molecule is COC(=O)c1cccc(C2=NOC(c3ccc(OCc4c(-c5ccccc5C(F)(F)F)noc4C4CC4)cc3Cl)C2)c1. The number of carbonyl (C=O) groups is 1. The summed E-state index contributed by atoms with van der Waals surface area (Å²) in [5, 5.41) is 8.61. The van der Waals surface area contributed by atoms with Gasteiger partial charge < -0.3 is 18.8 Å². The summed E-state index contributed by atoms with van der Waals surface area (Å²) in [5.74, 6) is 0.631. The van der Waals surface area contributed by atoms with E-state index in [2.05, 4.69) is 10.3 Å². The van der Waals surface area contributed by atoms with Gasteiger partial charge >= 0.3 is 12.1 Å². The van der Waals surface area contributed by atoms with Gasteiger partial charge in [-0.15, -0.1) is 0 Å². The molecule has 0 N–H and O–H groups in total. The number of oxime groups is 1. The van der Waals surface area contributed by atoms with E-state index in [9.17, 15) is 18.0 Å². The molecule has 1 unspecified atom stereocenters. The first kappa shape index (κ1) is 27.8. The summed E-state index contributed by atoms with van der Waals surface area (Å²) in [6.45, 7) is -0.0454. The van der Waals surface area contributed by atoms with Gasteiger partial charge in [-0.1, -0.05) is 58.3 Å². The van der Waals surface area contributed by atoms with Crippen LogP contribution >= 0.6 is 11.6 Å². The number of methoxy groups -OCH3 is 1. The fourth-order valence-electron chi connectivity index (χ4n) is 4.95. The van der Waals surface area contributed by atoms with Crippen molar-refractivity contribution < 1.29 is 36.8 Å². The molecular formula is C31H24ClF3N2O5. The maximum atomic E-state index is 13.7. The molecule has 11 heteroatoms. The van der Waals surface area contributed by atoms with Gasteiger partial charge in [0.1, 0.15) is 23.8 Å². The third-order valence-electron chi connectivity index (χ3n) is 7.24. The van der Waals surface area contributed by atoms with E-state index in [0.29, 0.717) is 45.4 Å². The second-order valence-electron chi connectivity index (χ2n) is 10.1. The van der Waals surface area contributed by atoms with Crippen molar-refractivity contribution in [2.24, 2.45) is 5.16 Å². The molecule has 1 fully saturated rings. The molecule has 1 aliphatic carbocycles. The Bertz CT molecular complexity index is 1680. The average molecular weight is 597 g/mol. The molecule has 0 radical (unpaired) electrons. The Morgan fingerprint density at radius 3 is 2.62 bits per heavy atom. The normalized spacial score (nSPS) is 16.6. The molecule has 3 aromatic carbocycles. The van der Waals surface area contributed by atoms with Gasteiger partial charge in [0, 0.05) is 29.0 Å². The van der Waals surface area contributed by atoms with E-state index in [1.165, 1.54) is 25.3 Å². The van der Waals surface area contributed by atoms with Crippen LogP contribution in [0.1, 0.15) is 69.7 Å². The highest BCUT2D eigenvalue weighted by molar-refractivity contribution is 6.31. The number of halogens is 4. The van der Waals surface area contributed by atoms with E-state index in [4.69, 9.17) is 30.4 Å². The molecule has 7 nitrogen and oxygen atoms in total. The quantitative estimate of drug-likeness (QED) is 0.191. The lowest BCUT2D eigenvalue weighted by atomic mass is 9.99. The van der Waals surface area contributed by atoms with Crippen molar-refractivity contribution in [2.45, 2.75) is 44.1 Å². The first-order chi connectivity index (χ1) is 20.2. The molecule has 1 aromatic heterocycles. The Kier molecular flexibility index (Phi) is 7.40. The third kappa shape index (κ3) is 5.59. The number of hydrogen-bond donors (Lipinski definition) is 0. The number of hydrogen-bond acceptors (Lipinski definition) is 7. The average Bonchev–Trinajstić information content (AvgIpc) is 3.55. The van der Waals surface area contributed by atoms with E-state index in [1.807, 2.05) is 6.07 Å². The summed E-state index contributed by atoms with van der Waals surface area (Å²) < 4.78 is 57.6. The molecule has 2 aliphatic rings. The van der Waals surface area contributed by atoms with E-state index in [0.717, 1.165) is 24.5 Å². The molecule has 4 aromatic rings. The number of benzene rings is 3. The van der Waals surface area contributed by atoms with E-state index >= 15 is 0 Å². The van der Waals surface area contributed by atoms with Crippen molar-refractivity contribution in [2.75, 3.05) is 7.11 Å². The summed E-state index contributed by atoms with van der Waals surface area (Å²) >= 11 is 6.61. The number of ether oxygens (including phenoxy) is 2. The maximum absolute atomic E-state index is 13.7. The molecule has 1 atom stereocenters. The molecule has 6 rings (SSSR count). The summed E-state index contributed by atoms with van der Waals surface area (Å²) in [6, 6.07) is 17.3. The molecule has 1 saturated carbocycles. The molecule has 1 aliphatic heterocycles. The fraction of sp³-hybridized carbons (Fsp3) is 0.258. The first-order valence-electron chi connectivity index (χ1n) is 13.2. The van der Waals surface area contributed by atoms with Crippen LogP contribution in [0.3, 0.4) is 0 Å². The minimum Gasteiger partial charge on any atom is -0.489 e. The number of rotatable bonds is 8. The van der Waals surface area contributed by atoms with Crippen molar-refractivity contribution in [1.82, 2.24) is 5.16 Å². The van der Waals surface area contributed by atoms with Crippen molar-refractivity contribution in [3.8, 4) is 17.0 Å². The lowest BCUT2D eigenvalue weighted by molar-refractivity contribution is -0.137. The second kappa shape index (κ2) is 11.2. The van der Waals surface area contributed by atoms with Crippen LogP contribution in [0, 0.1) is 0 Å². The molecule has 216 valence electrons. The van der Waals surface area contributed by atoms with E-state index in [-0.39, 0.29) is 23.8 Å². The number of aromatic nitrogens is 1. The minimum absolute atomic E-state index is 0.0454. The number of esters is 1. The van der Waals surface area contributed by atoms with Crippen LogP contribution in [-0.4, -0.2) is 23.9 Å².